The predicted molar refractivity (Wildman–Crippen MR) is 107 cm³/mol. The quantitative estimate of drug-likeness (QED) is 0.0947. The number of hydrogen-bond acceptors (Lipinski definition) is 16. The van der Waals surface area contributed by atoms with Gasteiger partial charge in [0, 0.05) is 6.00 Å². The van der Waals surface area contributed by atoms with Gasteiger partial charge in [-0.05, 0) is 6.92 Å². The molecule has 0 spiro atoms. The van der Waals surface area contributed by atoms with E-state index in [1.54, 1.807) is 0 Å². The van der Waals surface area contributed by atoms with Crippen molar-refractivity contribution in [1.29, 1.82) is 0 Å². The molecule has 35 heavy (non-hydrogen) atoms. The Kier molecular flexibility index (Phi) is 10.5. The maximum atomic E-state index is 11.9. The fourth-order valence-corrected chi connectivity index (χ4v) is 9.55. The number of aliphatic hydroxyl groups is 4. The molecule has 2 aliphatic rings. The van der Waals surface area contributed by atoms with Gasteiger partial charge in [-0.3, -0.25) is 9.05 Å². The van der Waals surface area contributed by atoms with Gasteiger partial charge < -0.3 is 58.6 Å². The van der Waals surface area contributed by atoms with E-state index >= 15 is 0 Å². The van der Waals surface area contributed by atoms with Gasteiger partial charge in [0.1, 0.15) is 38.4 Å². The van der Waals surface area contributed by atoms with Crippen molar-refractivity contribution < 1.29 is 85.4 Å². The second kappa shape index (κ2) is 11.7. The average Bonchev–Trinajstić information content (AvgIpc) is 3.06. The highest BCUT2D eigenvalue weighted by Crippen LogP contribution is 2.67. The topological polar surface area (TPSA) is 291 Å². The van der Waals surface area contributed by atoms with E-state index in [9.17, 15) is 58.3 Å². The van der Waals surface area contributed by atoms with E-state index in [2.05, 4.69) is 17.7 Å². The van der Waals surface area contributed by atoms with E-state index in [0.717, 1.165) is 0 Å². The molecule has 0 amide bonds. The Morgan fingerprint density at radius 3 is 1.51 bits per heavy atom. The highest BCUT2D eigenvalue weighted by Gasteiger charge is 2.43. The van der Waals surface area contributed by atoms with Crippen molar-refractivity contribution in [3.8, 4) is 0 Å². The Balaban J connectivity index is 1.89. The zero-order valence-corrected chi connectivity index (χ0v) is 21.3. The van der Waals surface area contributed by atoms with E-state index in [4.69, 9.17) is 17.3 Å². The van der Waals surface area contributed by atoms with Gasteiger partial charge in [-0.2, -0.15) is 0 Å². The van der Waals surface area contributed by atoms with E-state index in [1.165, 1.54) is 6.92 Å². The van der Waals surface area contributed by atoms with Gasteiger partial charge in [0.25, 0.3) is 0 Å². The lowest BCUT2D eigenvalue weighted by molar-refractivity contribution is -0.200. The van der Waals surface area contributed by atoms with Crippen molar-refractivity contribution in [3.63, 3.8) is 0 Å². The van der Waals surface area contributed by atoms with Crippen molar-refractivity contribution in [2.45, 2.75) is 55.7 Å². The van der Waals surface area contributed by atoms with E-state index in [-0.39, 0.29) is 0 Å². The van der Waals surface area contributed by atoms with Crippen LogP contribution in [0.15, 0.2) is 0 Å². The van der Waals surface area contributed by atoms with Crippen LogP contribution in [0.1, 0.15) is 6.92 Å². The second-order valence-corrected chi connectivity index (χ2v) is 14.8. The van der Waals surface area contributed by atoms with Crippen LogP contribution < -0.4 is 9.79 Å². The summed E-state index contributed by atoms with van der Waals surface area (Å²) in [5.41, 5.74) is 0. The van der Waals surface area contributed by atoms with Gasteiger partial charge in [0.15, 0.2) is 15.2 Å². The van der Waals surface area contributed by atoms with Crippen molar-refractivity contribution in [2.24, 2.45) is 0 Å². The summed E-state index contributed by atoms with van der Waals surface area (Å²) < 4.78 is 73.7. The minimum absolute atomic E-state index is 0.881. The van der Waals surface area contributed by atoms with Crippen LogP contribution in [-0.2, 0) is 45.4 Å². The monoisotopic (exact) mass is 590 g/mol. The Bertz CT molecular complexity index is 861. The van der Waals surface area contributed by atoms with Crippen LogP contribution in [0.3, 0.4) is 0 Å². The molecule has 2 radical (unpaired) electrons. The van der Waals surface area contributed by atoms with E-state index in [0.29, 0.717) is 0 Å². The zero-order chi connectivity index (χ0) is 27.0. The number of phosphoric ester groups is 2. The van der Waals surface area contributed by atoms with Crippen molar-refractivity contribution in [3.05, 3.63) is 0 Å². The number of phosphoric acid groups is 2. The molecule has 7 unspecified atom stereocenters. The van der Waals surface area contributed by atoms with Crippen LogP contribution in [0.2, 0.25) is 0 Å². The van der Waals surface area contributed by atoms with Crippen molar-refractivity contribution >= 4 is 38.7 Å². The Labute approximate surface area is 199 Å². The van der Waals surface area contributed by atoms with Gasteiger partial charge in [-0.1, -0.05) is 0 Å². The summed E-state index contributed by atoms with van der Waals surface area (Å²) in [5, 5.41) is 38.3. The minimum atomic E-state index is -5.84. The Hall–Kier alpha value is 0.425. The van der Waals surface area contributed by atoms with Gasteiger partial charge in [-0.25, -0.2) is 17.8 Å². The molecular weight excluding hydrogens is 567 g/mol. The smallest absolute Gasteiger partial charge is 0.477 e. The molecule has 2 fully saturated rings. The van der Waals surface area contributed by atoms with Gasteiger partial charge in [-0.15, -0.1) is 0 Å². The molecule has 0 aromatic heterocycles. The first-order chi connectivity index (χ1) is 15.7. The molecule has 0 aromatic rings. The third-order valence-electron chi connectivity index (χ3n) is 4.61. The normalized spacial score (nSPS) is 40.5. The van der Waals surface area contributed by atoms with Crippen LogP contribution >= 0.6 is 30.8 Å². The Morgan fingerprint density at radius 2 is 1.17 bits per heavy atom. The van der Waals surface area contributed by atoms with Gasteiger partial charge >= 0.3 is 15.6 Å². The first kappa shape index (κ1) is 31.6. The third-order valence-corrected chi connectivity index (χ3v) is 12.0. The lowest BCUT2D eigenvalue weighted by Crippen LogP contribution is -2.34. The maximum absolute atomic E-state index is 11.9. The molecule has 2 heterocycles. The molecular formula is C12H23BO18P4-2. The molecule has 2 saturated heterocycles. The number of hydrogen-bond donors (Lipinski definition) is 6. The molecule has 0 aromatic carbocycles. The molecule has 6 N–H and O–H groups in total. The molecule has 204 valence electrons. The summed E-state index contributed by atoms with van der Waals surface area (Å²) in [5.74, 6) is -2.19. The average molecular weight is 590 g/mol. The van der Waals surface area contributed by atoms with Crippen LogP contribution in [0.5, 0.6) is 0 Å². The standard InChI is InChI=1S/C12H25BO18P4/c1-5-8(14)9(15)6(28-5)2-26-34(22,23)30-32(18,19)4-33(20,21)31-35(24,25)27-3-7-10(16)11(17)12(13)29-7/h5-12,14-17H,2-4H2,1H3,(H,18,19)(H,20,21)(H,22,23)(H,24,25)/p-2/t5-,6+,7+,8+,9?,10?,11?,12+/m0/s1. The highest BCUT2D eigenvalue weighted by molar-refractivity contribution is 7.75. The van der Waals surface area contributed by atoms with Gasteiger partial charge in [0.2, 0.25) is 0 Å². The maximum Gasteiger partial charge on any atom is 0.477 e. The summed E-state index contributed by atoms with van der Waals surface area (Å²) in [6.45, 7) is -0.576. The highest BCUT2D eigenvalue weighted by atomic mass is 31.3. The fourth-order valence-electron chi connectivity index (χ4n) is 2.95. The van der Waals surface area contributed by atoms with E-state index in [1.807, 2.05) is 0 Å². The Morgan fingerprint density at radius 1 is 0.771 bits per heavy atom. The summed E-state index contributed by atoms with van der Waals surface area (Å²) in [6.07, 6.45) is -9.85. The minimum Gasteiger partial charge on any atom is -0.778 e. The van der Waals surface area contributed by atoms with Crippen LogP contribution in [0, 0.1) is 0 Å². The molecule has 12 atom stereocenters. The zero-order valence-electron chi connectivity index (χ0n) is 17.7. The largest absolute Gasteiger partial charge is 0.778 e. The molecule has 0 saturated carbocycles. The summed E-state index contributed by atoms with van der Waals surface area (Å²) in [6, 6.07) is -1.37. The number of aliphatic hydroxyl groups excluding tert-OH is 4. The first-order valence-corrected chi connectivity index (χ1v) is 16.0. The molecule has 0 bridgehead atoms. The molecule has 0 aliphatic carbocycles. The summed E-state index contributed by atoms with van der Waals surface area (Å²) >= 11 is 0. The van der Waals surface area contributed by atoms with Crippen molar-refractivity contribution in [1.82, 2.24) is 0 Å². The van der Waals surface area contributed by atoms with Gasteiger partial charge in [0.05, 0.1) is 31.3 Å². The van der Waals surface area contributed by atoms with Crippen LogP contribution in [0.25, 0.3) is 0 Å². The van der Waals surface area contributed by atoms with E-state index < -0.39 is 98.7 Å². The lowest BCUT2D eigenvalue weighted by atomic mass is 9.93. The lowest BCUT2D eigenvalue weighted by Gasteiger charge is -2.32. The fraction of sp³-hybridized carbons (Fsp3) is 1.00. The second-order valence-electron chi connectivity index (χ2n) is 7.54. The molecule has 18 nitrogen and oxygen atoms in total. The summed E-state index contributed by atoms with van der Waals surface area (Å²) in [7, 11) is -17.5. The summed E-state index contributed by atoms with van der Waals surface area (Å²) in [4.78, 5) is 42.9. The molecule has 23 heteroatoms. The SMILES string of the molecule is [B][C@@H]1O[C@H](COP(=O)(O)OP(=O)([O-])CP(=O)([O-])OP(=O)(O)OC[C@H]2O[C@@H](C)[C@@H](O)C2O)C(O)C1O. The molecule has 2 aliphatic heterocycles. The van der Waals surface area contributed by atoms with Crippen molar-refractivity contribution in [2.75, 3.05) is 19.1 Å². The van der Waals surface area contributed by atoms with Crippen LogP contribution in [0.4, 0.5) is 0 Å². The number of rotatable bonds is 12. The predicted octanol–water partition coefficient (Wildman–Crippen LogP) is -3.56. The molecule has 2 rings (SSSR count). The van der Waals surface area contributed by atoms with Crippen LogP contribution in [-0.4, -0.2) is 106 Å². The third kappa shape index (κ3) is 9.29. The first-order valence-electron chi connectivity index (χ1n) is 9.50. The number of ether oxygens (including phenoxy) is 2.